The molecule has 0 N–H and O–H groups in total. The summed E-state index contributed by atoms with van der Waals surface area (Å²) in [7, 11) is 0. The van der Waals surface area contributed by atoms with Crippen molar-refractivity contribution in [1.29, 1.82) is 0 Å². The fourth-order valence-electron chi connectivity index (χ4n) is 2.88. The Bertz CT molecular complexity index is 598. The van der Waals surface area contributed by atoms with Gasteiger partial charge in [0, 0.05) is 51.1 Å². The van der Waals surface area contributed by atoms with Crippen LogP contribution in [0.1, 0.15) is 31.1 Å². The number of hydrogen-bond donors (Lipinski definition) is 0. The molecule has 6 heteroatoms. The van der Waals surface area contributed by atoms with Gasteiger partial charge >= 0.3 is 0 Å². The Labute approximate surface area is 131 Å². The van der Waals surface area contributed by atoms with Gasteiger partial charge in [-0.3, -0.25) is 9.88 Å². The van der Waals surface area contributed by atoms with Gasteiger partial charge in [-0.2, -0.15) is 0 Å². The average molecular weight is 301 g/mol. The van der Waals surface area contributed by atoms with E-state index in [9.17, 15) is 0 Å². The van der Waals surface area contributed by atoms with Gasteiger partial charge in [0.1, 0.15) is 12.4 Å². The Morgan fingerprint density at radius 2 is 2.23 bits per heavy atom. The summed E-state index contributed by atoms with van der Waals surface area (Å²) in [5.74, 6) is 2.00. The molecule has 1 aliphatic rings. The van der Waals surface area contributed by atoms with Crippen LogP contribution < -0.4 is 0 Å². The smallest absolute Gasteiger partial charge is 0.159 e. The summed E-state index contributed by atoms with van der Waals surface area (Å²) >= 11 is 0. The van der Waals surface area contributed by atoms with Crippen LogP contribution in [0.3, 0.4) is 0 Å². The molecular weight excluding hydrogens is 278 g/mol. The summed E-state index contributed by atoms with van der Waals surface area (Å²) in [6.07, 6.45) is 4.67. The minimum atomic E-state index is 0.436. The number of fused-ring (bicyclic) bond motifs is 1. The van der Waals surface area contributed by atoms with Crippen molar-refractivity contribution in [1.82, 2.24) is 24.6 Å². The predicted octanol–water partition coefficient (Wildman–Crippen LogP) is 1.66. The molecule has 0 aliphatic carbocycles. The summed E-state index contributed by atoms with van der Waals surface area (Å²) in [6, 6.07) is 4.56. The highest BCUT2D eigenvalue weighted by molar-refractivity contribution is 5.09. The third-order valence-corrected chi connectivity index (χ3v) is 4.16. The Hall–Kier alpha value is -1.79. The average Bonchev–Trinajstić information content (AvgIpc) is 2.84. The fourth-order valence-corrected chi connectivity index (χ4v) is 2.88. The van der Waals surface area contributed by atoms with E-state index in [2.05, 4.69) is 37.6 Å². The van der Waals surface area contributed by atoms with Gasteiger partial charge in [0.15, 0.2) is 5.82 Å². The molecular formula is C16H23N5O. The molecule has 6 nitrogen and oxygen atoms in total. The summed E-state index contributed by atoms with van der Waals surface area (Å²) in [5, 5.41) is 8.64. The summed E-state index contributed by atoms with van der Waals surface area (Å²) in [5.41, 5.74) is 1.25. The van der Waals surface area contributed by atoms with Crippen LogP contribution >= 0.6 is 0 Å². The van der Waals surface area contributed by atoms with Crippen molar-refractivity contribution >= 4 is 0 Å². The SMILES string of the molecule is CCOCc1nnc2n1CCN(Cc1cccnc1)[C@@H](C)C2. The van der Waals surface area contributed by atoms with Crippen molar-refractivity contribution in [3.05, 3.63) is 41.7 Å². The van der Waals surface area contributed by atoms with E-state index < -0.39 is 0 Å². The number of pyridine rings is 1. The van der Waals surface area contributed by atoms with Crippen molar-refractivity contribution in [3.8, 4) is 0 Å². The first-order chi connectivity index (χ1) is 10.8. The van der Waals surface area contributed by atoms with E-state index in [1.807, 2.05) is 25.4 Å². The Morgan fingerprint density at radius 3 is 3.00 bits per heavy atom. The summed E-state index contributed by atoms with van der Waals surface area (Å²) < 4.78 is 7.71. The van der Waals surface area contributed by atoms with E-state index >= 15 is 0 Å². The summed E-state index contributed by atoms with van der Waals surface area (Å²) in [4.78, 5) is 6.69. The fraction of sp³-hybridized carbons (Fsp3) is 0.562. The molecule has 3 heterocycles. The molecule has 2 aromatic rings. The number of rotatable bonds is 5. The molecule has 0 spiro atoms. The molecule has 118 valence electrons. The highest BCUT2D eigenvalue weighted by atomic mass is 16.5. The number of aromatic nitrogens is 4. The molecule has 0 radical (unpaired) electrons. The van der Waals surface area contributed by atoms with Crippen LogP contribution in [0.15, 0.2) is 24.5 Å². The van der Waals surface area contributed by atoms with Gasteiger partial charge in [0.05, 0.1) is 0 Å². The van der Waals surface area contributed by atoms with E-state index in [1.165, 1.54) is 5.56 Å². The second-order valence-electron chi connectivity index (χ2n) is 5.71. The van der Waals surface area contributed by atoms with Gasteiger partial charge in [-0.1, -0.05) is 6.07 Å². The van der Waals surface area contributed by atoms with Crippen LogP contribution in [-0.2, 0) is 30.9 Å². The molecule has 1 aliphatic heterocycles. The molecule has 0 unspecified atom stereocenters. The zero-order valence-electron chi connectivity index (χ0n) is 13.3. The molecule has 0 saturated carbocycles. The van der Waals surface area contributed by atoms with Gasteiger partial charge in [-0.25, -0.2) is 0 Å². The second-order valence-corrected chi connectivity index (χ2v) is 5.71. The first-order valence-electron chi connectivity index (χ1n) is 7.89. The normalized spacial score (nSPS) is 18.9. The van der Waals surface area contributed by atoms with Crippen LogP contribution in [0, 0.1) is 0 Å². The highest BCUT2D eigenvalue weighted by Gasteiger charge is 2.23. The minimum Gasteiger partial charge on any atom is -0.374 e. The van der Waals surface area contributed by atoms with E-state index in [0.717, 1.165) is 37.7 Å². The summed E-state index contributed by atoms with van der Waals surface area (Å²) in [6.45, 7) is 8.32. The van der Waals surface area contributed by atoms with Crippen LogP contribution in [-0.4, -0.2) is 43.8 Å². The van der Waals surface area contributed by atoms with Gasteiger partial charge in [0.2, 0.25) is 0 Å². The van der Waals surface area contributed by atoms with Crippen LogP contribution in [0.2, 0.25) is 0 Å². The lowest BCUT2D eigenvalue weighted by Crippen LogP contribution is -2.34. The zero-order chi connectivity index (χ0) is 15.4. The molecule has 0 saturated heterocycles. The molecule has 0 aromatic carbocycles. The molecule has 0 fully saturated rings. The second kappa shape index (κ2) is 6.98. The molecule has 2 aromatic heterocycles. The maximum Gasteiger partial charge on any atom is 0.159 e. The molecule has 0 amide bonds. The Morgan fingerprint density at radius 1 is 1.32 bits per heavy atom. The first-order valence-corrected chi connectivity index (χ1v) is 7.89. The standard InChI is InChI=1S/C16H23N5O/c1-3-22-12-16-19-18-15-9-13(2)20(7-8-21(15)16)11-14-5-4-6-17-10-14/h4-6,10,13H,3,7-9,11-12H2,1-2H3/t13-/m0/s1. The zero-order valence-corrected chi connectivity index (χ0v) is 13.3. The van der Waals surface area contributed by atoms with E-state index in [0.29, 0.717) is 19.3 Å². The van der Waals surface area contributed by atoms with E-state index in [-0.39, 0.29) is 0 Å². The van der Waals surface area contributed by atoms with Crippen molar-refractivity contribution in [2.24, 2.45) is 0 Å². The van der Waals surface area contributed by atoms with Crippen molar-refractivity contribution < 1.29 is 4.74 Å². The van der Waals surface area contributed by atoms with Crippen molar-refractivity contribution in [2.75, 3.05) is 13.2 Å². The Balaban J connectivity index is 1.71. The monoisotopic (exact) mass is 301 g/mol. The van der Waals surface area contributed by atoms with Gasteiger partial charge in [-0.15, -0.1) is 10.2 Å². The topological polar surface area (TPSA) is 56.1 Å². The maximum atomic E-state index is 5.49. The van der Waals surface area contributed by atoms with E-state index in [1.54, 1.807) is 0 Å². The highest BCUT2D eigenvalue weighted by Crippen LogP contribution is 2.17. The van der Waals surface area contributed by atoms with Crippen molar-refractivity contribution in [2.45, 2.75) is 46.0 Å². The lowest BCUT2D eigenvalue weighted by molar-refractivity contribution is 0.124. The van der Waals surface area contributed by atoms with Gasteiger partial charge < -0.3 is 9.30 Å². The number of hydrogen-bond acceptors (Lipinski definition) is 5. The molecule has 3 rings (SSSR count). The Kier molecular flexibility index (Phi) is 4.80. The van der Waals surface area contributed by atoms with Crippen molar-refractivity contribution in [3.63, 3.8) is 0 Å². The van der Waals surface area contributed by atoms with E-state index in [4.69, 9.17) is 4.74 Å². The minimum absolute atomic E-state index is 0.436. The molecule has 1 atom stereocenters. The number of ether oxygens (including phenoxy) is 1. The quantitative estimate of drug-likeness (QED) is 0.840. The molecule has 22 heavy (non-hydrogen) atoms. The first kappa shape index (κ1) is 15.1. The third kappa shape index (κ3) is 3.34. The van der Waals surface area contributed by atoms with Gasteiger partial charge in [-0.05, 0) is 25.5 Å². The predicted molar refractivity (Wildman–Crippen MR) is 83.2 cm³/mol. The van der Waals surface area contributed by atoms with Crippen LogP contribution in [0.25, 0.3) is 0 Å². The van der Waals surface area contributed by atoms with Gasteiger partial charge in [0.25, 0.3) is 0 Å². The maximum absolute atomic E-state index is 5.49. The lowest BCUT2D eigenvalue weighted by atomic mass is 10.1. The van der Waals surface area contributed by atoms with Crippen LogP contribution in [0.5, 0.6) is 0 Å². The molecule has 0 bridgehead atoms. The third-order valence-electron chi connectivity index (χ3n) is 4.16. The number of nitrogens with zero attached hydrogens (tertiary/aromatic N) is 5. The van der Waals surface area contributed by atoms with Crippen LogP contribution in [0.4, 0.5) is 0 Å². The largest absolute Gasteiger partial charge is 0.374 e. The lowest BCUT2D eigenvalue weighted by Gasteiger charge is -2.26.